The Labute approximate surface area is 133 Å². The van der Waals surface area contributed by atoms with E-state index >= 15 is 0 Å². The van der Waals surface area contributed by atoms with E-state index in [-0.39, 0.29) is 11.3 Å². The van der Waals surface area contributed by atoms with Crippen LogP contribution in [0.4, 0.5) is 5.69 Å². The van der Waals surface area contributed by atoms with Gasteiger partial charge in [0.1, 0.15) is 17.4 Å². The average molecular weight is 313 g/mol. The number of hydrogen-bond donors (Lipinski definition) is 2. The van der Waals surface area contributed by atoms with Crippen LogP contribution in [0.15, 0.2) is 48.0 Å². The van der Waals surface area contributed by atoms with E-state index in [0.717, 1.165) is 5.56 Å². The van der Waals surface area contributed by atoms with E-state index in [1.807, 2.05) is 6.07 Å². The van der Waals surface area contributed by atoms with Crippen molar-refractivity contribution in [2.24, 2.45) is 0 Å². The van der Waals surface area contributed by atoms with Crippen LogP contribution in [0.5, 0.6) is 5.75 Å². The highest BCUT2D eigenvalue weighted by Crippen LogP contribution is 2.23. The number of benzene rings is 2. The number of anilines is 1. The monoisotopic (exact) mass is 312 g/mol. The molecule has 2 aromatic carbocycles. The quantitative estimate of drug-likeness (QED) is 0.667. The molecule has 110 valence electrons. The lowest BCUT2D eigenvalue weighted by Gasteiger charge is -2.08. The van der Waals surface area contributed by atoms with E-state index in [0.29, 0.717) is 16.3 Å². The van der Waals surface area contributed by atoms with Crippen molar-refractivity contribution < 1.29 is 9.90 Å². The molecule has 2 rings (SSSR count). The van der Waals surface area contributed by atoms with Crippen molar-refractivity contribution in [1.29, 1.82) is 5.26 Å². The topological polar surface area (TPSA) is 73.1 Å². The highest BCUT2D eigenvalue weighted by Gasteiger charge is 2.11. The van der Waals surface area contributed by atoms with Crippen LogP contribution in [0.1, 0.15) is 11.1 Å². The van der Waals surface area contributed by atoms with Crippen LogP contribution >= 0.6 is 11.6 Å². The van der Waals surface area contributed by atoms with E-state index in [1.54, 1.807) is 37.3 Å². The maximum atomic E-state index is 12.2. The fourth-order valence-corrected chi connectivity index (χ4v) is 2.04. The highest BCUT2D eigenvalue weighted by atomic mass is 35.5. The predicted octanol–water partition coefficient (Wildman–Crippen LogP) is 3.90. The molecular formula is C17H13ClN2O2. The van der Waals surface area contributed by atoms with E-state index in [4.69, 9.17) is 16.9 Å². The number of carbonyl (C=O) groups excluding carboxylic acids is 1. The first-order chi connectivity index (χ1) is 10.5. The lowest BCUT2D eigenvalue weighted by Crippen LogP contribution is -2.14. The second-order valence-electron chi connectivity index (χ2n) is 4.63. The molecule has 0 aliphatic rings. The lowest BCUT2D eigenvalue weighted by molar-refractivity contribution is -0.112. The smallest absolute Gasteiger partial charge is 0.266 e. The van der Waals surface area contributed by atoms with Crippen molar-refractivity contribution in [2.45, 2.75) is 6.92 Å². The summed E-state index contributed by atoms with van der Waals surface area (Å²) in [4.78, 5) is 12.2. The highest BCUT2D eigenvalue weighted by molar-refractivity contribution is 6.31. The van der Waals surface area contributed by atoms with Crippen LogP contribution in [0.25, 0.3) is 6.08 Å². The van der Waals surface area contributed by atoms with Gasteiger partial charge in [-0.1, -0.05) is 29.8 Å². The molecule has 0 heterocycles. The Kier molecular flexibility index (Phi) is 4.82. The molecule has 0 radical (unpaired) electrons. The first kappa shape index (κ1) is 15.6. The number of carbonyl (C=O) groups is 1. The fraction of sp³-hybridized carbons (Fsp3) is 0.0588. The third-order valence-corrected chi connectivity index (χ3v) is 3.47. The van der Waals surface area contributed by atoms with Gasteiger partial charge < -0.3 is 10.4 Å². The zero-order valence-corrected chi connectivity index (χ0v) is 12.6. The number of hydrogen-bond acceptors (Lipinski definition) is 3. The average Bonchev–Trinajstić information content (AvgIpc) is 2.49. The van der Waals surface area contributed by atoms with Crippen molar-refractivity contribution in [1.82, 2.24) is 0 Å². The van der Waals surface area contributed by atoms with Crippen molar-refractivity contribution in [2.75, 3.05) is 5.32 Å². The van der Waals surface area contributed by atoms with Gasteiger partial charge >= 0.3 is 0 Å². The molecule has 5 heteroatoms. The largest absolute Gasteiger partial charge is 0.508 e. The van der Waals surface area contributed by atoms with Crippen LogP contribution in [-0.2, 0) is 4.79 Å². The normalized spacial score (nSPS) is 10.9. The van der Waals surface area contributed by atoms with Gasteiger partial charge in [-0.15, -0.1) is 0 Å². The molecule has 0 aliphatic carbocycles. The van der Waals surface area contributed by atoms with Gasteiger partial charge in [0.05, 0.1) is 0 Å². The first-order valence-corrected chi connectivity index (χ1v) is 6.86. The second kappa shape index (κ2) is 6.79. The zero-order valence-electron chi connectivity index (χ0n) is 11.8. The van der Waals surface area contributed by atoms with Crippen molar-refractivity contribution >= 4 is 29.3 Å². The Morgan fingerprint density at radius 2 is 2.05 bits per heavy atom. The number of halogens is 1. The summed E-state index contributed by atoms with van der Waals surface area (Å²) in [5.41, 5.74) is 1.78. The summed E-state index contributed by atoms with van der Waals surface area (Å²) in [6, 6.07) is 13.3. The zero-order chi connectivity index (χ0) is 16.1. The van der Waals surface area contributed by atoms with Crippen LogP contribution in [0.3, 0.4) is 0 Å². The summed E-state index contributed by atoms with van der Waals surface area (Å²) < 4.78 is 0. The molecule has 0 unspecified atom stereocenters. The second-order valence-corrected chi connectivity index (χ2v) is 5.04. The van der Waals surface area contributed by atoms with Gasteiger partial charge in [0.25, 0.3) is 5.91 Å². The number of rotatable bonds is 3. The van der Waals surface area contributed by atoms with E-state index in [9.17, 15) is 9.90 Å². The Balaban J connectivity index is 2.26. The summed E-state index contributed by atoms with van der Waals surface area (Å²) >= 11 is 6.00. The van der Waals surface area contributed by atoms with E-state index < -0.39 is 5.91 Å². The summed E-state index contributed by atoms with van der Waals surface area (Å²) in [6.07, 6.45) is 1.41. The van der Waals surface area contributed by atoms with Gasteiger partial charge in [-0.2, -0.15) is 5.26 Å². The number of nitriles is 1. The summed E-state index contributed by atoms with van der Waals surface area (Å²) in [5.74, 6) is -0.464. The minimum atomic E-state index is -0.531. The molecular weight excluding hydrogens is 300 g/mol. The van der Waals surface area contributed by atoms with Gasteiger partial charge in [-0.05, 0) is 48.4 Å². The Hall–Kier alpha value is -2.77. The van der Waals surface area contributed by atoms with Gasteiger partial charge in [0.15, 0.2) is 0 Å². The third-order valence-electron chi connectivity index (χ3n) is 3.06. The van der Waals surface area contributed by atoms with Gasteiger partial charge in [0, 0.05) is 10.7 Å². The van der Waals surface area contributed by atoms with Gasteiger partial charge in [-0.25, -0.2) is 0 Å². The maximum absolute atomic E-state index is 12.2. The number of nitrogens with one attached hydrogen (secondary N) is 1. The van der Waals surface area contributed by atoms with Gasteiger partial charge in [0.2, 0.25) is 0 Å². The van der Waals surface area contributed by atoms with Crippen LogP contribution in [-0.4, -0.2) is 11.0 Å². The Bertz CT molecular complexity index is 791. The van der Waals surface area contributed by atoms with Crippen molar-refractivity contribution in [3.63, 3.8) is 0 Å². The molecule has 22 heavy (non-hydrogen) atoms. The minimum absolute atomic E-state index is 0.0648. The summed E-state index contributed by atoms with van der Waals surface area (Å²) in [7, 11) is 0. The molecule has 4 nitrogen and oxygen atoms in total. The molecule has 0 bridgehead atoms. The lowest BCUT2D eigenvalue weighted by atomic mass is 10.1. The summed E-state index contributed by atoms with van der Waals surface area (Å²) in [5, 5.41) is 21.8. The molecule has 0 spiro atoms. The molecule has 0 saturated carbocycles. The number of aromatic hydroxyl groups is 1. The number of phenolic OH excluding ortho intramolecular Hbond substituents is 1. The van der Waals surface area contributed by atoms with E-state index in [1.165, 1.54) is 18.2 Å². The molecule has 2 N–H and O–H groups in total. The van der Waals surface area contributed by atoms with Crippen molar-refractivity contribution in [3.8, 4) is 11.8 Å². The third kappa shape index (κ3) is 3.66. The molecule has 0 fully saturated rings. The van der Waals surface area contributed by atoms with Crippen LogP contribution in [0, 0.1) is 18.3 Å². The van der Waals surface area contributed by atoms with Gasteiger partial charge in [-0.3, -0.25) is 4.79 Å². The number of phenols is 1. The molecule has 0 atom stereocenters. The van der Waals surface area contributed by atoms with Crippen molar-refractivity contribution in [3.05, 3.63) is 64.2 Å². The Morgan fingerprint density at radius 3 is 2.73 bits per heavy atom. The van der Waals surface area contributed by atoms with Crippen LogP contribution < -0.4 is 5.32 Å². The molecule has 0 aromatic heterocycles. The predicted molar refractivity (Wildman–Crippen MR) is 86.5 cm³/mol. The Morgan fingerprint density at radius 1 is 1.32 bits per heavy atom. The minimum Gasteiger partial charge on any atom is -0.508 e. The van der Waals surface area contributed by atoms with E-state index in [2.05, 4.69) is 5.32 Å². The molecule has 1 amide bonds. The molecule has 0 saturated heterocycles. The number of amides is 1. The number of nitrogens with zero attached hydrogens (tertiary/aromatic N) is 1. The maximum Gasteiger partial charge on any atom is 0.266 e. The molecule has 2 aromatic rings. The molecule has 0 aliphatic heterocycles. The fourth-order valence-electron chi connectivity index (χ4n) is 1.86. The first-order valence-electron chi connectivity index (χ1n) is 6.48. The summed E-state index contributed by atoms with van der Waals surface area (Å²) in [6.45, 7) is 1.78. The standard InChI is InChI=1S/C17H13ClN2O2/c1-11-15(18)6-3-7-16(11)20-17(22)13(10-19)8-12-4-2-5-14(21)9-12/h2-9,21H,1H3,(H,20,22)/b13-8+. The van der Waals surface area contributed by atoms with Crippen LogP contribution in [0.2, 0.25) is 5.02 Å². The SMILES string of the molecule is Cc1c(Cl)cccc1NC(=O)/C(C#N)=C/c1cccc(O)c1.